The Morgan fingerprint density at radius 3 is 1.40 bits per heavy atom. The molecule has 32 heteroatoms. The Bertz CT molecular complexity index is 3690. The molecule has 0 aliphatic carbocycles. The molecule has 9 rings (SSSR count). The number of carbonyl (C=O) groups excluding carboxylic acids is 2. The first-order valence-corrected chi connectivity index (χ1v) is 29.2. The van der Waals surface area contributed by atoms with Crippen molar-refractivity contribution < 1.29 is 97.2 Å². The first-order valence-electron chi connectivity index (χ1n) is 25.5. The van der Waals surface area contributed by atoms with Gasteiger partial charge in [0.2, 0.25) is 20.0 Å². The van der Waals surface area contributed by atoms with Gasteiger partial charge in [-0.3, -0.25) is 19.6 Å². The number of Topliss-reactive ketones (excluding diaryl/α,β-unsaturated/α-hetero) is 2. The molecule has 3 fully saturated rings. The number of halogens is 15. The quantitative estimate of drug-likeness (QED) is 0.0745. The minimum Gasteiger partial charge on any atom is -0.399 e. The van der Waals surface area contributed by atoms with Gasteiger partial charge in [0, 0.05) is 79.1 Å². The number of alkyl halides is 8. The number of benzene rings is 2. The highest BCUT2D eigenvalue weighted by molar-refractivity contribution is 9.10. The number of hydrogen-bond donors (Lipinski definition) is 0. The highest BCUT2D eigenvalue weighted by Gasteiger charge is 2.52. The van der Waals surface area contributed by atoms with Gasteiger partial charge in [0.15, 0.2) is 40.4 Å². The van der Waals surface area contributed by atoms with E-state index >= 15 is 0 Å². The predicted molar refractivity (Wildman–Crippen MR) is 283 cm³/mol. The van der Waals surface area contributed by atoms with Crippen molar-refractivity contribution in [1.82, 2.24) is 28.5 Å². The standard InChI is InChI=1S/C24H18F7N3O3S.C18H16BrF3N2O3S.C12H14BF4NO2/c25-14-1-4-17(5-2-14)38(36,37)34-12-15(26)8-21(34)22(35)6-3-16-9-18(20(28)11-32-16)13-7-19(27)23(33-10-13)24(29,30)31;19-15-8-13(23-9-16(15)22)3-6-18(25)17-7-12(21)10-24(17)28(26,27)14-4-1-11(20)2-5-14;1-10(2)11(3,4)20-13(19-10)7-5-8(14)9(18-6-7)12(15,16)17/h1-2,4-5,7,9-11,15,21H,3,6,8,12H2;1-2,4-5,8-9,12,17H,3,6-7,10H2;5-6H,1-4H3/t15-,21+;12-,17+;/m11./s1. The molecule has 462 valence electrons. The number of sulfonamides is 2. The fourth-order valence-corrected chi connectivity index (χ4v) is 12.6. The SMILES string of the molecule is CC1(C)OB(c2cnc(C(F)(F)F)c(F)c2)OC1(C)C.O=C(CCc1cc(-c2cnc(C(F)(F)F)c(F)c2)c(F)cn1)[C@@H]1C[C@@H](F)CN1S(=O)(=O)c1ccc(F)cc1.O=C(CCc1cc(Br)c(F)cn1)[C@@H]1C[C@@H](F)CN1S(=O)(=O)c1ccc(F)cc1. The zero-order valence-corrected chi connectivity index (χ0v) is 48.4. The van der Waals surface area contributed by atoms with Gasteiger partial charge in [-0.25, -0.2) is 61.9 Å². The molecule has 4 aromatic heterocycles. The van der Waals surface area contributed by atoms with Gasteiger partial charge in [-0.15, -0.1) is 0 Å². The van der Waals surface area contributed by atoms with Crippen LogP contribution in [-0.2, 0) is 64.1 Å². The monoisotopic (exact) mass is 1330 g/mol. The number of rotatable bonds is 14. The summed E-state index contributed by atoms with van der Waals surface area (Å²) in [6, 6.07) is 9.26. The topological polar surface area (TPSA) is 179 Å². The maximum absolute atomic E-state index is 14.3. The minimum absolute atomic E-state index is 0.0715. The normalized spacial score (nSPS) is 19.8. The highest BCUT2D eigenvalue weighted by Crippen LogP contribution is 2.38. The Kier molecular flexibility index (Phi) is 20.5. The second-order valence-corrected chi connectivity index (χ2v) is 25.3. The molecule has 4 atom stereocenters. The third-order valence-electron chi connectivity index (χ3n) is 14.1. The van der Waals surface area contributed by atoms with Crippen LogP contribution in [0, 0.1) is 34.9 Å². The Morgan fingerprint density at radius 1 is 0.581 bits per heavy atom. The molecular weight excluding hydrogens is 1280 g/mol. The number of aromatic nitrogens is 4. The van der Waals surface area contributed by atoms with Crippen molar-refractivity contribution in [3.63, 3.8) is 0 Å². The lowest BCUT2D eigenvalue weighted by atomic mass is 9.80. The third kappa shape index (κ3) is 15.7. The molecule has 86 heavy (non-hydrogen) atoms. The van der Waals surface area contributed by atoms with E-state index in [2.05, 4.69) is 35.9 Å². The molecule has 3 aliphatic rings. The minimum atomic E-state index is -5.04. The number of aryl methyl sites for hydroxylation is 2. The van der Waals surface area contributed by atoms with Gasteiger partial charge in [0.05, 0.1) is 49.9 Å². The number of ketones is 2. The van der Waals surface area contributed by atoms with Crippen LogP contribution < -0.4 is 5.46 Å². The van der Waals surface area contributed by atoms with Crippen molar-refractivity contribution >= 4 is 60.1 Å². The van der Waals surface area contributed by atoms with Crippen LogP contribution in [0.4, 0.5) is 61.5 Å². The first kappa shape index (κ1) is 67.2. The van der Waals surface area contributed by atoms with E-state index in [9.17, 15) is 87.9 Å². The van der Waals surface area contributed by atoms with E-state index in [-0.39, 0.29) is 68.7 Å². The second kappa shape index (κ2) is 26.2. The van der Waals surface area contributed by atoms with Crippen molar-refractivity contribution in [3.05, 3.63) is 160 Å². The van der Waals surface area contributed by atoms with Crippen molar-refractivity contribution in [2.45, 2.75) is 124 Å². The van der Waals surface area contributed by atoms with Gasteiger partial charge in [-0.1, -0.05) is 0 Å². The van der Waals surface area contributed by atoms with Crippen LogP contribution >= 0.6 is 15.9 Å². The summed E-state index contributed by atoms with van der Waals surface area (Å²) in [4.78, 5) is 38.9. The third-order valence-corrected chi connectivity index (χ3v) is 18.5. The molecule has 3 saturated heterocycles. The molecular formula is C54H48BBrF14N6O8S2. The molecule has 7 heterocycles. The van der Waals surface area contributed by atoms with Gasteiger partial charge >= 0.3 is 19.5 Å². The van der Waals surface area contributed by atoms with Crippen LogP contribution in [0.2, 0.25) is 0 Å². The van der Waals surface area contributed by atoms with Crippen LogP contribution in [0.5, 0.6) is 0 Å². The molecule has 0 radical (unpaired) electrons. The van der Waals surface area contributed by atoms with E-state index in [0.717, 1.165) is 83.6 Å². The Morgan fingerprint density at radius 2 is 0.988 bits per heavy atom. The van der Waals surface area contributed by atoms with Crippen LogP contribution in [-0.4, -0.2) is 113 Å². The van der Waals surface area contributed by atoms with E-state index in [4.69, 9.17) is 9.31 Å². The summed E-state index contributed by atoms with van der Waals surface area (Å²) in [7, 11) is -9.40. The van der Waals surface area contributed by atoms with Gasteiger partial charge < -0.3 is 9.31 Å². The summed E-state index contributed by atoms with van der Waals surface area (Å²) in [5.41, 5.74) is -4.56. The predicted octanol–water partition coefficient (Wildman–Crippen LogP) is 10.8. The lowest BCUT2D eigenvalue weighted by Gasteiger charge is -2.32. The van der Waals surface area contributed by atoms with E-state index in [1.807, 2.05) is 0 Å². The number of nitrogens with zero attached hydrogens (tertiary/aromatic N) is 6. The van der Waals surface area contributed by atoms with E-state index < -0.39 is 153 Å². The average molecular weight is 1330 g/mol. The Hall–Kier alpha value is -6.32. The molecule has 0 saturated carbocycles. The van der Waals surface area contributed by atoms with Crippen LogP contribution in [0.3, 0.4) is 0 Å². The van der Waals surface area contributed by atoms with Crippen LogP contribution in [0.1, 0.15) is 76.2 Å². The largest absolute Gasteiger partial charge is 0.496 e. The molecule has 0 N–H and O–H groups in total. The fraction of sp³-hybridized carbons (Fsp3) is 0.370. The zero-order chi connectivity index (χ0) is 63.6. The molecule has 3 aliphatic heterocycles. The molecule has 0 unspecified atom stereocenters. The lowest BCUT2D eigenvalue weighted by molar-refractivity contribution is -0.144. The number of pyridine rings is 4. The summed E-state index contributed by atoms with van der Waals surface area (Å²) in [6.07, 6.45) is -10.6. The summed E-state index contributed by atoms with van der Waals surface area (Å²) in [5, 5.41) is 0. The van der Waals surface area contributed by atoms with E-state index in [0.29, 0.717) is 22.3 Å². The maximum Gasteiger partial charge on any atom is 0.496 e. The zero-order valence-electron chi connectivity index (χ0n) is 45.2. The fourth-order valence-electron chi connectivity index (χ4n) is 8.94. The van der Waals surface area contributed by atoms with Gasteiger partial charge in [0.25, 0.3) is 0 Å². The Labute approximate surface area is 491 Å². The Balaban J connectivity index is 0.000000194. The van der Waals surface area contributed by atoms with E-state index in [1.165, 1.54) is 6.07 Å². The second-order valence-electron chi connectivity index (χ2n) is 20.7. The van der Waals surface area contributed by atoms with Crippen molar-refractivity contribution in [2.24, 2.45) is 0 Å². The van der Waals surface area contributed by atoms with Crippen LogP contribution in [0.25, 0.3) is 11.1 Å². The first-order chi connectivity index (χ1) is 39.9. The molecule has 0 bridgehead atoms. The van der Waals surface area contributed by atoms with Crippen molar-refractivity contribution in [1.29, 1.82) is 0 Å². The lowest BCUT2D eigenvalue weighted by Crippen LogP contribution is -2.41. The molecule has 6 aromatic rings. The van der Waals surface area contributed by atoms with Gasteiger partial charge in [0.1, 0.15) is 29.8 Å². The van der Waals surface area contributed by atoms with Gasteiger partial charge in [-0.2, -0.15) is 35.0 Å². The van der Waals surface area contributed by atoms with Crippen molar-refractivity contribution in [3.8, 4) is 11.1 Å². The highest BCUT2D eigenvalue weighted by atomic mass is 79.9. The average Bonchev–Trinajstić information content (AvgIpc) is 1.90. The number of carbonyl (C=O) groups is 2. The summed E-state index contributed by atoms with van der Waals surface area (Å²) in [6.45, 7) is 6.17. The van der Waals surface area contributed by atoms with Crippen molar-refractivity contribution in [2.75, 3.05) is 13.1 Å². The summed E-state index contributed by atoms with van der Waals surface area (Å²) in [5.74, 6) is -7.04. The maximum atomic E-state index is 14.3. The van der Waals surface area contributed by atoms with Gasteiger partial charge in [-0.05, 0) is 129 Å². The smallest absolute Gasteiger partial charge is 0.399 e. The summed E-state index contributed by atoms with van der Waals surface area (Å²) < 4.78 is 250. The molecule has 0 spiro atoms. The summed E-state index contributed by atoms with van der Waals surface area (Å²) >= 11 is 3.03. The number of hydrogen-bond acceptors (Lipinski definition) is 12. The molecule has 2 aromatic carbocycles. The van der Waals surface area contributed by atoms with Crippen LogP contribution in [0.15, 0.2) is 112 Å². The molecule has 0 amide bonds. The molecule has 14 nitrogen and oxygen atoms in total. The van der Waals surface area contributed by atoms with E-state index in [1.54, 1.807) is 27.7 Å².